The van der Waals surface area contributed by atoms with Crippen LogP contribution in [0.4, 0.5) is 0 Å². The minimum absolute atomic E-state index is 0.0181. The van der Waals surface area contributed by atoms with Crippen LogP contribution in [-0.4, -0.2) is 27.5 Å². The summed E-state index contributed by atoms with van der Waals surface area (Å²) < 4.78 is 1.73. The number of imidazole rings is 1. The van der Waals surface area contributed by atoms with Gasteiger partial charge >= 0.3 is 5.97 Å². The lowest BCUT2D eigenvalue weighted by atomic mass is 10.3. The molecule has 90 valence electrons. The fourth-order valence-electron chi connectivity index (χ4n) is 1.67. The highest BCUT2D eigenvalue weighted by Crippen LogP contribution is 2.21. The van der Waals surface area contributed by atoms with E-state index in [0.29, 0.717) is 16.4 Å². The zero-order chi connectivity index (χ0) is 12.6. The number of halogens is 1. The van der Waals surface area contributed by atoms with Crippen molar-refractivity contribution in [1.29, 1.82) is 0 Å². The molecule has 2 aromatic heterocycles. The Morgan fingerprint density at radius 2 is 2.35 bits per heavy atom. The third-order valence-corrected chi connectivity index (χ3v) is 2.89. The summed E-state index contributed by atoms with van der Waals surface area (Å²) in [5.41, 5.74) is 0.520. The van der Waals surface area contributed by atoms with Crippen molar-refractivity contribution >= 4 is 23.1 Å². The highest BCUT2D eigenvalue weighted by molar-refractivity contribution is 6.31. The number of rotatable bonds is 3. The van der Waals surface area contributed by atoms with Crippen LogP contribution in [0.2, 0.25) is 5.02 Å². The molecule has 0 aliphatic heterocycles. The van der Waals surface area contributed by atoms with Crippen molar-refractivity contribution in [2.75, 3.05) is 7.05 Å². The number of aromatic carboxylic acids is 1. The smallest absolute Gasteiger partial charge is 0.356 e. The zero-order valence-electron chi connectivity index (χ0n) is 9.44. The van der Waals surface area contributed by atoms with Crippen LogP contribution in [0, 0.1) is 0 Å². The van der Waals surface area contributed by atoms with Crippen LogP contribution in [0.25, 0.3) is 5.52 Å². The number of fused-ring (bicyclic) bond motifs is 1. The molecule has 1 atom stereocenters. The number of carbonyl (C=O) groups is 1. The first kappa shape index (κ1) is 11.9. The fraction of sp³-hybridized carbons (Fsp3) is 0.273. The molecule has 6 heteroatoms. The quantitative estimate of drug-likeness (QED) is 0.878. The summed E-state index contributed by atoms with van der Waals surface area (Å²) in [6.07, 6.45) is 1.72. The Hall–Kier alpha value is -1.59. The van der Waals surface area contributed by atoms with Crippen molar-refractivity contribution in [2.45, 2.75) is 13.0 Å². The lowest BCUT2D eigenvalue weighted by molar-refractivity contribution is 0.0693. The molecule has 0 fully saturated rings. The molecule has 0 saturated carbocycles. The number of carboxylic acid groups (broad SMARTS) is 1. The average molecular weight is 254 g/mol. The van der Waals surface area contributed by atoms with E-state index in [1.54, 1.807) is 29.8 Å². The molecule has 0 radical (unpaired) electrons. The van der Waals surface area contributed by atoms with E-state index in [-0.39, 0.29) is 11.7 Å². The number of aromatic nitrogens is 2. The van der Waals surface area contributed by atoms with E-state index < -0.39 is 5.97 Å². The van der Waals surface area contributed by atoms with E-state index in [1.165, 1.54) is 0 Å². The van der Waals surface area contributed by atoms with Crippen LogP contribution in [0.3, 0.4) is 0 Å². The van der Waals surface area contributed by atoms with Crippen molar-refractivity contribution in [3.05, 3.63) is 34.9 Å². The predicted molar refractivity (Wildman–Crippen MR) is 64.6 cm³/mol. The maximum absolute atomic E-state index is 11.1. The largest absolute Gasteiger partial charge is 0.476 e. The topological polar surface area (TPSA) is 66.6 Å². The van der Waals surface area contributed by atoms with Crippen LogP contribution >= 0.6 is 11.6 Å². The van der Waals surface area contributed by atoms with Gasteiger partial charge in [-0.2, -0.15) is 0 Å². The Bertz CT molecular complexity index is 579. The van der Waals surface area contributed by atoms with Crippen molar-refractivity contribution in [1.82, 2.24) is 14.7 Å². The number of nitrogens with one attached hydrogen (secondary N) is 1. The van der Waals surface area contributed by atoms with Gasteiger partial charge in [-0.3, -0.25) is 0 Å². The standard InChI is InChI=1S/C11H12ClN3O2/c1-6(13-2)10-14-9(11(16)17)8-5-7(12)3-4-15(8)10/h3-6,13H,1-2H3,(H,16,17). The van der Waals surface area contributed by atoms with Gasteiger partial charge in [0.1, 0.15) is 5.82 Å². The number of nitrogens with zero attached hydrogens (tertiary/aromatic N) is 2. The molecule has 0 bridgehead atoms. The summed E-state index contributed by atoms with van der Waals surface area (Å²) in [4.78, 5) is 15.3. The van der Waals surface area contributed by atoms with Crippen LogP contribution in [0.15, 0.2) is 18.3 Å². The van der Waals surface area contributed by atoms with Gasteiger partial charge in [-0.1, -0.05) is 11.6 Å². The van der Waals surface area contributed by atoms with Gasteiger partial charge in [0.25, 0.3) is 0 Å². The third-order valence-electron chi connectivity index (χ3n) is 2.66. The van der Waals surface area contributed by atoms with Crippen molar-refractivity contribution in [3.63, 3.8) is 0 Å². The van der Waals surface area contributed by atoms with E-state index in [4.69, 9.17) is 16.7 Å². The summed E-state index contributed by atoms with van der Waals surface area (Å²) in [6.45, 7) is 1.91. The van der Waals surface area contributed by atoms with E-state index >= 15 is 0 Å². The van der Waals surface area contributed by atoms with E-state index in [2.05, 4.69) is 10.3 Å². The normalized spacial score (nSPS) is 12.9. The molecule has 0 spiro atoms. The lowest BCUT2D eigenvalue weighted by Gasteiger charge is -2.08. The van der Waals surface area contributed by atoms with Gasteiger partial charge in [-0.05, 0) is 26.1 Å². The van der Waals surface area contributed by atoms with Crippen LogP contribution in [-0.2, 0) is 0 Å². The first-order chi connectivity index (χ1) is 8.04. The molecule has 2 rings (SSSR count). The van der Waals surface area contributed by atoms with Gasteiger partial charge in [0.2, 0.25) is 0 Å². The number of hydrogen-bond donors (Lipinski definition) is 2. The first-order valence-corrected chi connectivity index (χ1v) is 5.50. The number of pyridine rings is 1. The highest BCUT2D eigenvalue weighted by atomic mass is 35.5. The maximum atomic E-state index is 11.1. The van der Waals surface area contributed by atoms with E-state index in [9.17, 15) is 4.79 Å². The molecule has 0 aromatic carbocycles. The average Bonchev–Trinajstić information content (AvgIpc) is 2.66. The Labute approximate surface area is 103 Å². The molecule has 0 aliphatic rings. The fourth-order valence-corrected chi connectivity index (χ4v) is 1.83. The zero-order valence-corrected chi connectivity index (χ0v) is 10.2. The van der Waals surface area contributed by atoms with Gasteiger partial charge < -0.3 is 14.8 Å². The van der Waals surface area contributed by atoms with E-state index in [0.717, 1.165) is 0 Å². The molecule has 2 heterocycles. The predicted octanol–water partition coefficient (Wildman–Crippen LogP) is 1.97. The molecule has 2 aromatic rings. The first-order valence-electron chi connectivity index (χ1n) is 5.12. The summed E-state index contributed by atoms with van der Waals surface area (Å²) in [5.74, 6) is -0.407. The van der Waals surface area contributed by atoms with Crippen molar-refractivity contribution < 1.29 is 9.90 Å². The van der Waals surface area contributed by atoms with Gasteiger partial charge in [0.15, 0.2) is 5.69 Å². The van der Waals surface area contributed by atoms with Gasteiger partial charge in [0.05, 0.1) is 11.6 Å². The highest BCUT2D eigenvalue weighted by Gasteiger charge is 2.19. The van der Waals surface area contributed by atoms with Crippen LogP contribution in [0.5, 0.6) is 0 Å². The number of carboxylic acids is 1. The second kappa shape index (κ2) is 4.35. The van der Waals surface area contributed by atoms with Gasteiger partial charge in [-0.15, -0.1) is 0 Å². The lowest BCUT2D eigenvalue weighted by Crippen LogP contribution is -2.15. The molecule has 5 nitrogen and oxygen atoms in total. The summed E-state index contributed by atoms with van der Waals surface area (Å²) in [7, 11) is 1.79. The summed E-state index contributed by atoms with van der Waals surface area (Å²) in [5, 5.41) is 12.6. The Morgan fingerprint density at radius 3 is 2.94 bits per heavy atom. The van der Waals surface area contributed by atoms with Crippen molar-refractivity contribution in [3.8, 4) is 0 Å². The maximum Gasteiger partial charge on any atom is 0.356 e. The van der Waals surface area contributed by atoms with Crippen molar-refractivity contribution in [2.24, 2.45) is 0 Å². The molecule has 0 saturated heterocycles. The molecule has 0 aliphatic carbocycles. The number of hydrogen-bond acceptors (Lipinski definition) is 3. The monoisotopic (exact) mass is 253 g/mol. The Balaban J connectivity index is 2.75. The second-order valence-corrected chi connectivity index (χ2v) is 4.17. The molecule has 1 unspecified atom stereocenters. The van der Waals surface area contributed by atoms with E-state index in [1.807, 2.05) is 6.92 Å². The third kappa shape index (κ3) is 1.99. The minimum atomic E-state index is -1.06. The summed E-state index contributed by atoms with van der Waals surface area (Å²) in [6, 6.07) is 3.26. The minimum Gasteiger partial charge on any atom is -0.476 e. The van der Waals surface area contributed by atoms with Crippen LogP contribution in [0.1, 0.15) is 29.3 Å². The molecule has 17 heavy (non-hydrogen) atoms. The second-order valence-electron chi connectivity index (χ2n) is 3.73. The Morgan fingerprint density at radius 1 is 1.65 bits per heavy atom. The molecular weight excluding hydrogens is 242 g/mol. The SMILES string of the molecule is CNC(C)c1nc(C(=O)O)c2cc(Cl)ccn12. The molecule has 0 amide bonds. The Kier molecular flexibility index (Phi) is 3.04. The van der Waals surface area contributed by atoms with Gasteiger partial charge in [-0.25, -0.2) is 9.78 Å². The molecule has 2 N–H and O–H groups in total. The summed E-state index contributed by atoms with van der Waals surface area (Å²) >= 11 is 5.87. The van der Waals surface area contributed by atoms with Crippen LogP contribution < -0.4 is 5.32 Å². The molecular formula is C11H12ClN3O2. The van der Waals surface area contributed by atoms with Gasteiger partial charge in [0, 0.05) is 11.2 Å².